The smallest absolute Gasteiger partial charge is 0.270 e. The van der Waals surface area contributed by atoms with Gasteiger partial charge in [-0.05, 0) is 69.7 Å². The largest absolute Gasteiger partial charge is 0.349 e. The first-order valence-corrected chi connectivity index (χ1v) is 10.8. The number of nitrogens with zero attached hydrogens (tertiary/aromatic N) is 4. The highest BCUT2D eigenvalue weighted by molar-refractivity contribution is 5.94. The van der Waals surface area contributed by atoms with Gasteiger partial charge in [-0.15, -0.1) is 0 Å². The normalized spacial score (nSPS) is 12.3. The van der Waals surface area contributed by atoms with E-state index >= 15 is 0 Å². The Balaban J connectivity index is 1.77. The first-order valence-electron chi connectivity index (χ1n) is 10.8. The molecule has 0 aliphatic carbocycles. The number of hydrogen-bond donors (Lipinski definition) is 1. The van der Waals surface area contributed by atoms with Gasteiger partial charge in [0.2, 0.25) is 0 Å². The third-order valence-corrected chi connectivity index (χ3v) is 5.53. The molecule has 0 saturated heterocycles. The van der Waals surface area contributed by atoms with Gasteiger partial charge in [-0.2, -0.15) is 5.10 Å². The zero-order valence-corrected chi connectivity index (χ0v) is 18.5. The number of nitrogens with one attached hydrogen (secondary N) is 1. The molecule has 160 valence electrons. The molecule has 3 rings (SSSR count). The number of para-hydroxylation sites is 1. The van der Waals surface area contributed by atoms with Crippen LogP contribution in [0.5, 0.6) is 0 Å². The van der Waals surface area contributed by atoms with Crippen molar-refractivity contribution in [1.82, 2.24) is 24.6 Å². The average molecular weight is 408 g/mol. The van der Waals surface area contributed by atoms with Crippen molar-refractivity contribution in [3.8, 4) is 17.1 Å². The van der Waals surface area contributed by atoms with Gasteiger partial charge in [0, 0.05) is 19.3 Å². The fraction of sp³-hybridized carbons (Fsp3) is 0.417. The molecule has 0 aliphatic rings. The minimum absolute atomic E-state index is 0.0952. The van der Waals surface area contributed by atoms with Gasteiger partial charge in [0.15, 0.2) is 0 Å². The van der Waals surface area contributed by atoms with Crippen molar-refractivity contribution in [2.75, 3.05) is 19.6 Å². The molecule has 2 heterocycles. The zero-order chi connectivity index (χ0) is 21.5. The molecule has 1 atom stereocenters. The molecule has 1 N–H and O–H groups in total. The predicted molar refractivity (Wildman–Crippen MR) is 122 cm³/mol. The minimum Gasteiger partial charge on any atom is -0.349 e. The van der Waals surface area contributed by atoms with E-state index in [1.165, 1.54) is 0 Å². The minimum atomic E-state index is -0.0952. The van der Waals surface area contributed by atoms with Crippen LogP contribution in [0.25, 0.3) is 17.1 Å². The van der Waals surface area contributed by atoms with Gasteiger partial charge < -0.3 is 14.8 Å². The van der Waals surface area contributed by atoms with E-state index in [2.05, 4.69) is 31.0 Å². The Morgan fingerprint density at radius 3 is 2.50 bits per heavy atom. The molecule has 0 spiro atoms. The number of carbonyl (C=O) groups excluding carboxylic acids is 1. The summed E-state index contributed by atoms with van der Waals surface area (Å²) in [5.41, 5.74) is 3.18. The van der Waals surface area contributed by atoms with Gasteiger partial charge in [0.05, 0.1) is 11.4 Å². The molecule has 3 aromatic rings. The number of hydrogen-bond acceptors (Lipinski definition) is 3. The summed E-state index contributed by atoms with van der Waals surface area (Å²) in [7, 11) is 1.98. The molecule has 6 nitrogen and oxygen atoms in total. The first-order chi connectivity index (χ1) is 14.5. The number of aromatic nitrogens is 3. The van der Waals surface area contributed by atoms with E-state index in [1.54, 1.807) is 4.68 Å². The Morgan fingerprint density at radius 1 is 1.13 bits per heavy atom. The van der Waals surface area contributed by atoms with Crippen molar-refractivity contribution in [3.63, 3.8) is 0 Å². The molecule has 1 amide bonds. The second kappa shape index (κ2) is 10.3. The molecule has 0 unspecified atom stereocenters. The standard InChI is InChI=1S/C24H33N5O/c1-5-28(6-2)17-10-12-19(3)25-24(30)23-18-21(22-15-11-16-27(22)4)26-29(23)20-13-8-7-9-14-20/h7-9,11,13-16,18-19H,5-6,10,12,17H2,1-4H3,(H,25,30)/t19-/m0/s1. The second-order valence-electron chi connectivity index (χ2n) is 7.71. The summed E-state index contributed by atoms with van der Waals surface area (Å²) in [6.07, 6.45) is 4.00. The lowest BCUT2D eigenvalue weighted by molar-refractivity contribution is 0.0929. The highest BCUT2D eigenvalue weighted by atomic mass is 16.2. The summed E-state index contributed by atoms with van der Waals surface area (Å²) in [6.45, 7) is 9.63. The van der Waals surface area contributed by atoms with Crippen LogP contribution in [-0.4, -0.2) is 50.8 Å². The van der Waals surface area contributed by atoms with Crippen LogP contribution < -0.4 is 5.32 Å². The predicted octanol–water partition coefficient (Wildman–Crippen LogP) is 4.12. The summed E-state index contributed by atoms with van der Waals surface area (Å²) in [5.74, 6) is -0.0952. The number of amides is 1. The van der Waals surface area contributed by atoms with Crippen LogP contribution in [0.4, 0.5) is 0 Å². The van der Waals surface area contributed by atoms with E-state index in [-0.39, 0.29) is 11.9 Å². The van der Waals surface area contributed by atoms with Crippen molar-refractivity contribution >= 4 is 5.91 Å². The van der Waals surface area contributed by atoms with Crippen LogP contribution in [0.1, 0.15) is 44.1 Å². The monoisotopic (exact) mass is 407 g/mol. The Labute approximate surface area is 179 Å². The van der Waals surface area contributed by atoms with E-state index in [0.29, 0.717) is 5.69 Å². The maximum absolute atomic E-state index is 13.1. The van der Waals surface area contributed by atoms with Gasteiger partial charge in [0.25, 0.3) is 5.91 Å². The Hall–Kier alpha value is -2.86. The van der Waals surface area contributed by atoms with E-state index in [0.717, 1.165) is 49.6 Å². The van der Waals surface area contributed by atoms with Crippen molar-refractivity contribution in [3.05, 3.63) is 60.4 Å². The quantitative estimate of drug-likeness (QED) is 0.550. The Bertz CT molecular complexity index is 940. The van der Waals surface area contributed by atoms with Crippen LogP contribution >= 0.6 is 0 Å². The van der Waals surface area contributed by atoms with Crippen molar-refractivity contribution in [1.29, 1.82) is 0 Å². The third kappa shape index (κ3) is 5.19. The average Bonchev–Trinajstić information content (AvgIpc) is 3.38. The molecule has 0 bridgehead atoms. The summed E-state index contributed by atoms with van der Waals surface area (Å²) >= 11 is 0. The van der Waals surface area contributed by atoms with Crippen LogP contribution in [0, 0.1) is 0 Å². The summed E-state index contributed by atoms with van der Waals surface area (Å²) in [6, 6.07) is 15.8. The SMILES string of the molecule is CCN(CC)CCC[C@H](C)NC(=O)c1cc(-c2cccn2C)nn1-c1ccccc1. The first kappa shape index (κ1) is 21.8. The lowest BCUT2D eigenvalue weighted by atomic mass is 10.1. The molecule has 6 heteroatoms. The number of rotatable bonds is 10. The Kier molecular flexibility index (Phi) is 7.46. The van der Waals surface area contributed by atoms with Gasteiger partial charge in [0.1, 0.15) is 11.4 Å². The maximum atomic E-state index is 13.1. The van der Waals surface area contributed by atoms with E-state index in [1.807, 2.05) is 66.3 Å². The zero-order valence-electron chi connectivity index (χ0n) is 18.5. The highest BCUT2D eigenvalue weighted by Crippen LogP contribution is 2.22. The topological polar surface area (TPSA) is 55.1 Å². The molecular weight excluding hydrogens is 374 g/mol. The van der Waals surface area contributed by atoms with Crippen LogP contribution in [-0.2, 0) is 7.05 Å². The second-order valence-corrected chi connectivity index (χ2v) is 7.71. The molecular formula is C24H33N5O. The molecule has 0 fully saturated rings. The maximum Gasteiger partial charge on any atom is 0.270 e. The van der Waals surface area contributed by atoms with Crippen LogP contribution in [0.2, 0.25) is 0 Å². The van der Waals surface area contributed by atoms with Gasteiger partial charge >= 0.3 is 0 Å². The third-order valence-electron chi connectivity index (χ3n) is 5.53. The van der Waals surface area contributed by atoms with E-state index in [4.69, 9.17) is 5.10 Å². The summed E-state index contributed by atoms with van der Waals surface area (Å²) in [5, 5.41) is 7.91. The number of aryl methyl sites for hydroxylation is 1. The molecule has 30 heavy (non-hydrogen) atoms. The molecule has 0 saturated carbocycles. The lowest BCUT2D eigenvalue weighted by Crippen LogP contribution is -2.34. The van der Waals surface area contributed by atoms with Crippen LogP contribution in [0.3, 0.4) is 0 Å². The van der Waals surface area contributed by atoms with Gasteiger partial charge in [-0.25, -0.2) is 4.68 Å². The number of carbonyl (C=O) groups is 1. The molecule has 2 aromatic heterocycles. The van der Waals surface area contributed by atoms with Gasteiger partial charge in [-0.3, -0.25) is 4.79 Å². The van der Waals surface area contributed by atoms with Gasteiger partial charge in [-0.1, -0.05) is 32.0 Å². The number of benzene rings is 1. The van der Waals surface area contributed by atoms with Crippen LogP contribution in [0.15, 0.2) is 54.7 Å². The molecule has 1 aromatic carbocycles. The fourth-order valence-electron chi connectivity index (χ4n) is 3.69. The van der Waals surface area contributed by atoms with E-state index in [9.17, 15) is 4.79 Å². The Morgan fingerprint density at radius 2 is 1.87 bits per heavy atom. The summed E-state index contributed by atoms with van der Waals surface area (Å²) in [4.78, 5) is 15.5. The van der Waals surface area contributed by atoms with E-state index < -0.39 is 0 Å². The fourth-order valence-corrected chi connectivity index (χ4v) is 3.69. The van der Waals surface area contributed by atoms with Crippen molar-refractivity contribution in [2.45, 2.75) is 39.7 Å². The molecule has 0 aliphatic heterocycles. The van der Waals surface area contributed by atoms with Crippen molar-refractivity contribution in [2.24, 2.45) is 7.05 Å². The lowest BCUT2D eigenvalue weighted by Gasteiger charge is -2.20. The van der Waals surface area contributed by atoms with Crippen molar-refractivity contribution < 1.29 is 4.79 Å². The highest BCUT2D eigenvalue weighted by Gasteiger charge is 2.20. The summed E-state index contributed by atoms with van der Waals surface area (Å²) < 4.78 is 3.75. The molecule has 0 radical (unpaired) electrons.